The molecule has 1 N–H and O–H groups in total. The monoisotopic (exact) mass is 421 g/mol. The highest BCUT2D eigenvalue weighted by Crippen LogP contribution is 2.37. The number of benzene rings is 2. The van der Waals surface area contributed by atoms with Crippen molar-refractivity contribution < 1.29 is 14.3 Å². The Balaban J connectivity index is 1.66. The molecule has 2 heterocycles. The van der Waals surface area contributed by atoms with Crippen LogP contribution in [0.25, 0.3) is 0 Å². The lowest BCUT2D eigenvalue weighted by atomic mass is 9.81. The van der Waals surface area contributed by atoms with Gasteiger partial charge in [0, 0.05) is 44.9 Å². The second kappa shape index (κ2) is 8.35. The van der Waals surface area contributed by atoms with E-state index in [-0.39, 0.29) is 17.7 Å². The molecule has 0 aliphatic carbocycles. The third-order valence-corrected chi connectivity index (χ3v) is 6.65. The van der Waals surface area contributed by atoms with Gasteiger partial charge in [-0.05, 0) is 37.5 Å². The van der Waals surface area contributed by atoms with Crippen molar-refractivity contribution in [3.8, 4) is 5.75 Å². The van der Waals surface area contributed by atoms with Crippen LogP contribution in [0.1, 0.15) is 33.5 Å². The van der Waals surface area contributed by atoms with Gasteiger partial charge >= 0.3 is 0 Å². The SMILES string of the molecule is COc1ccc(C)cc1CN1C[C@@H](C(=O)N(C)C)[C@@]2(CCc3ccccc3C(=O)N2)C1. The minimum absolute atomic E-state index is 0.0602. The van der Waals surface area contributed by atoms with Gasteiger partial charge in [0.2, 0.25) is 5.91 Å². The van der Waals surface area contributed by atoms with Crippen LogP contribution in [0.2, 0.25) is 0 Å². The first kappa shape index (κ1) is 21.4. The molecular formula is C25H31N3O3. The van der Waals surface area contributed by atoms with Gasteiger partial charge in [-0.15, -0.1) is 0 Å². The molecule has 0 unspecified atom stereocenters. The molecule has 4 rings (SSSR count). The zero-order chi connectivity index (χ0) is 22.2. The quantitative estimate of drug-likeness (QED) is 0.825. The van der Waals surface area contributed by atoms with Gasteiger partial charge in [0.15, 0.2) is 0 Å². The average molecular weight is 422 g/mol. The number of carbonyl (C=O) groups is 2. The second-order valence-corrected chi connectivity index (χ2v) is 9.04. The van der Waals surface area contributed by atoms with Crippen molar-refractivity contribution in [2.45, 2.75) is 31.8 Å². The van der Waals surface area contributed by atoms with Crippen LogP contribution in [-0.4, -0.2) is 61.4 Å². The third kappa shape index (κ3) is 4.04. The van der Waals surface area contributed by atoms with Crippen LogP contribution in [0, 0.1) is 12.8 Å². The Hall–Kier alpha value is -2.86. The first-order valence-corrected chi connectivity index (χ1v) is 10.8. The molecule has 2 aromatic carbocycles. The number of fused-ring (bicyclic) bond motifs is 1. The number of hydrogen-bond acceptors (Lipinski definition) is 4. The van der Waals surface area contributed by atoms with Crippen molar-refractivity contribution >= 4 is 11.8 Å². The highest BCUT2D eigenvalue weighted by Gasteiger charge is 2.52. The Labute approximate surface area is 184 Å². The zero-order valence-electron chi connectivity index (χ0n) is 18.8. The van der Waals surface area contributed by atoms with Gasteiger partial charge in [0.05, 0.1) is 18.6 Å². The number of aryl methyl sites for hydroxylation is 2. The highest BCUT2D eigenvalue weighted by molar-refractivity contribution is 5.97. The molecule has 6 heteroatoms. The van der Waals surface area contributed by atoms with Gasteiger partial charge in [-0.25, -0.2) is 0 Å². The smallest absolute Gasteiger partial charge is 0.252 e. The van der Waals surface area contributed by atoms with Crippen LogP contribution < -0.4 is 10.1 Å². The standard InChI is InChI=1S/C25H31N3O3/c1-17-9-10-22(31-4)19(13-17)14-28-15-21(24(30)27(2)3)25(16-28)12-11-18-7-5-6-8-20(18)23(29)26-25/h5-10,13,21H,11-12,14-16H2,1-4H3,(H,26,29)/t21-,25+/m0/s1. The van der Waals surface area contributed by atoms with E-state index in [9.17, 15) is 9.59 Å². The van der Waals surface area contributed by atoms with Crippen molar-refractivity contribution in [3.63, 3.8) is 0 Å². The van der Waals surface area contributed by atoms with E-state index in [0.717, 1.165) is 29.7 Å². The van der Waals surface area contributed by atoms with Gasteiger partial charge in [-0.2, -0.15) is 0 Å². The first-order chi connectivity index (χ1) is 14.8. The Bertz CT molecular complexity index is 1000. The molecule has 0 aromatic heterocycles. The molecule has 0 radical (unpaired) electrons. The van der Waals surface area contributed by atoms with E-state index in [1.165, 1.54) is 5.56 Å². The fraction of sp³-hybridized carbons (Fsp3) is 0.440. The second-order valence-electron chi connectivity index (χ2n) is 9.04. The number of hydrogen-bond donors (Lipinski definition) is 1. The van der Waals surface area contributed by atoms with Crippen molar-refractivity contribution in [1.82, 2.24) is 15.1 Å². The van der Waals surface area contributed by atoms with Crippen LogP contribution >= 0.6 is 0 Å². The number of nitrogens with one attached hydrogen (secondary N) is 1. The van der Waals surface area contributed by atoms with Gasteiger partial charge in [-0.1, -0.05) is 35.9 Å². The van der Waals surface area contributed by atoms with Crippen LogP contribution in [0.15, 0.2) is 42.5 Å². The molecule has 1 fully saturated rings. The predicted molar refractivity (Wildman–Crippen MR) is 120 cm³/mol. The molecule has 2 aromatic rings. The molecule has 2 amide bonds. The Morgan fingerprint density at radius 2 is 2.03 bits per heavy atom. The van der Waals surface area contributed by atoms with E-state index in [1.807, 2.05) is 36.4 Å². The van der Waals surface area contributed by atoms with E-state index < -0.39 is 5.54 Å². The normalized spacial score (nSPS) is 23.2. The third-order valence-electron chi connectivity index (χ3n) is 6.65. The minimum atomic E-state index is -0.589. The number of rotatable bonds is 4. The van der Waals surface area contributed by atoms with E-state index in [0.29, 0.717) is 25.2 Å². The summed E-state index contributed by atoms with van der Waals surface area (Å²) in [6.45, 7) is 3.97. The molecule has 1 saturated heterocycles. The molecule has 6 nitrogen and oxygen atoms in total. The van der Waals surface area contributed by atoms with Crippen LogP contribution in [0.4, 0.5) is 0 Å². The first-order valence-electron chi connectivity index (χ1n) is 10.8. The fourth-order valence-corrected chi connectivity index (χ4v) is 5.08. The molecule has 0 saturated carbocycles. The lowest BCUT2D eigenvalue weighted by Crippen LogP contribution is -2.57. The van der Waals surface area contributed by atoms with Gasteiger partial charge in [-0.3, -0.25) is 14.5 Å². The molecule has 31 heavy (non-hydrogen) atoms. The average Bonchev–Trinajstić information content (AvgIpc) is 3.02. The maximum Gasteiger partial charge on any atom is 0.252 e. The fourth-order valence-electron chi connectivity index (χ4n) is 5.08. The summed E-state index contributed by atoms with van der Waals surface area (Å²) in [5, 5.41) is 3.29. The summed E-state index contributed by atoms with van der Waals surface area (Å²) < 4.78 is 5.57. The van der Waals surface area contributed by atoms with Crippen LogP contribution in [0.3, 0.4) is 0 Å². The number of amides is 2. The lowest BCUT2D eigenvalue weighted by molar-refractivity contribution is -0.134. The van der Waals surface area contributed by atoms with E-state index in [4.69, 9.17) is 4.74 Å². The molecule has 0 bridgehead atoms. The van der Waals surface area contributed by atoms with Gasteiger partial charge in [0.1, 0.15) is 5.75 Å². The van der Waals surface area contributed by atoms with E-state index >= 15 is 0 Å². The van der Waals surface area contributed by atoms with Crippen LogP contribution in [0.5, 0.6) is 5.75 Å². The molecule has 2 aliphatic heterocycles. The molecular weight excluding hydrogens is 390 g/mol. The molecule has 164 valence electrons. The number of carbonyl (C=O) groups excluding carboxylic acids is 2. The summed E-state index contributed by atoms with van der Waals surface area (Å²) in [7, 11) is 5.26. The van der Waals surface area contributed by atoms with Crippen LogP contribution in [-0.2, 0) is 17.8 Å². The summed E-state index contributed by atoms with van der Waals surface area (Å²) in [4.78, 5) is 30.3. The summed E-state index contributed by atoms with van der Waals surface area (Å²) in [5.41, 5.74) is 3.44. The van der Waals surface area contributed by atoms with E-state index in [2.05, 4.69) is 23.2 Å². The Morgan fingerprint density at radius 3 is 2.77 bits per heavy atom. The molecule has 2 atom stereocenters. The largest absolute Gasteiger partial charge is 0.496 e. The number of methoxy groups -OCH3 is 1. The van der Waals surface area contributed by atoms with E-state index in [1.54, 1.807) is 26.1 Å². The summed E-state index contributed by atoms with van der Waals surface area (Å²) in [6.07, 6.45) is 1.51. The predicted octanol–water partition coefficient (Wildman–Crippen LogP) is 2.64. The number of ether oxygens (including phenoxy) is 1. The number of nitrogens with zero attached hydrogens (tertiary/aromatic N) is 2. The van der Waals surface area contributed by atoms with Gasteiger partial charge < -0.3 is 15.0 Å². The zero-order valence-corrected chi connectivity index (χ0v) is 18.8. The number of likely N-dealkylation sites (tertiary alicyclic amines) is 1. The van der Waals surface area contributed by atoms with Crippen molar-refractivity contribution in [2.75, 3.05) is 34.3 Å². The summed E-state index contributed by atoms with van der Waals surface area (Å²) >= 11 is 0. The Kier molecular flexibility index (Phi) is 5.75. The topological polar surface area (TPSA) is 61.9 Å². The highest BCUT2D eigenvalue weighted by atomic mass is 16.5. The molecule has 2 aliphatic rings. The van der Waals surface area contributed by atoms with Gasteiger partial charge in [0.25, 0.3) is 5.91 Å². The van der Waals surface area contributed by atoms with Crippen molar-refractivity contribution in [1.29, 1.82) is 0 Å². The summed E-state index contributed by atoms with van der Waals surface area (Å²) in [5.74, 6) is 0.528. The van der Waals surface area contributed by atoms with Crippen molar-refractivity contribution in [2.24, 2.45) is 5.92 Å². The summed E-state index contributed by atoms with van der Waals surface area (Å²) in [6, 6.07) is 13.9. The maximum atomic E-state index is 13.2. The Morgan fingerprint density at radius 1 is 1.26 bits per heavy atom. The lowest BCUT2D eigenvalue weighted by Gasteiger charge is -2.35. The molecule has 1 spiro atoms. The van der Waals surface area contributed by atoms with Crippen molar-refractivity contribution in [3.05, 3.63) is 64.7 Å². The maximum absolute atomic E-state index is 13.2. The minimum Gasteiger partial charge on any atom is -0.496 e.